The molecule has 1 aliphatic rings. The molecule has 0 radical (unpaired) electrons. The molecule has 1 atom stereocenters. The van der Waals surface area contributed by atoms with Crippen LogP contribution in [0.4, 0.5) is 0 Å². The van der Waals surface area contributed by atoms with E-state index in [1.165, 1.54) is 11.9 Å². The maximum atomic E-state index is 12.7. The first-order chi connectivity index (χ1) is 12.3. The maximum Gasteiger partial charge on any atom is 0.272 e. The van der Waals surface area contributed by atoms with Gasteiger partial charge >= 0.3 is 0 Å². The Kier molecular flexibility index (Phi) is 4.43. The molecule has 1 aliphatic heterocycles. The van der Waals surface area contributed by atoms with Crippen molar-refractivity contribution in [2.45, 2.75) is 6.42 Å². The van der Waals surface area contributed by atoms with Crippen LogP contribution in [0.2, 0.25) is 0 Å². The van der Waals surface area contributed by atoms with Crippen LogP contribution < -0.4 is 0 Å². The molecule has 6 heteroatoms. The normalized spacial score (nSPS) is 18.2. The second-order valence-electron chi connectivity index (χ2n) is 6.24. The maximum absolute atomic E-state index is 12.7. The molecule has 0 N–H and O–H groups in total. The molecule has 3 aromatic rings. The van der Waals surface area contributed by atoms with Crippen molar-refractivity contribution < 1.29 is 13.9 Å². The molecule has 0 bridgehead atoms. The first kappa shape index (κ1) is 15.8. The molecular formula is C19H19N3O3. The first-order valence-corrected chi connectivity index (χ1v) is 8.39. The summed E-state index contributed by atoms with van der Waals surface area (Å²) in [6.45, 7) is 2.41. The molecule has 1 fully saturated rings. The Bertz CT molecular complexity index is 862. The van der Waals surface area contributed by atoms with E-state index in [0.29, 0.717) is 32.0 Å². The number of amides is 1. The highest BCUT2D eigenvalue weighted by Crippen LogP contribution is 2.24. The van der Waals surface area contributed by atoms with E-state index in [4.69, 9.17) is 9.15 Å². The van der Waals surface area contributed by atoms with Crippen molar-refractivity contribution in [1.82, 2.24) is 14.9 Å². The quantitative estimate of drug-likeness (QED) is 0.735. The summed E-state index contributed by atoms with van der Waals surface area (Å²) in [7, 11) is 0. The van der Waals surface area contributed by atoms with Gasteiger partial charge in [0.25, 0.3) is 5.91 Å². The van der Waals surface area contributed by atoms with Crippen molar-refractivity contribution in [3.63, 3.8) is 0 Å². The number of nitrogens with zero attached hydrogens (tertiary/aromatic N) is 3. The van der Waals surface area contributed by atoms with Gasteiger partial charge in [0, 0.05) is 30.6 Å². The van der Waals surface area contributed by atoms with Gasteiger partial charge < -0.3 is 14.1 Å². The smallest absolute Gasteiger partial charge is 0.272 e. The average molecular weight is 337 g/mol. The fourth-order valence-electron chi connectivity index (χ4n) is 3.31. The first-order valence-electron chi connectivity index (χ1n) is 8.39. The Balaban J connectivity index is 1.52. The third-order valence-corrected chi connectivity index (χ3v) is 4.52. The summed E-state index contributed by atoms with van der Waals surface area (Å²) in [5.41, 5.74) is 2.53. The topological polar surface area (TPSA) is 68.5 Å². The number of carbonyl (C=O) groups is 1. The molecule has 1 aromatic carbocycles. The zero-order valence-corrected chi connectivity index (χ0v) is 13.8. The second-order valence-corrected chi connectivity index (χ2v) is 6.24. The van der Waals surface area contributed by atoms with Crippen LogP contribution >= 0.6 is 0 Å². The van der Waals surface area contributed by atoms with E-state index in [9.17, 15) is 4.79 Å². The van der Waals surface area contributed by atoms with Crippen molar-refractivity contribution in [2.24, 2.45) is 5.92 Å². The van der Waals surface area contributed by atoms with Crippen LogP contribution in [-0.2, 0) is 11.2 Å². The van der Waals surface area contributed by atoms with E-state index in [1.807, 2.05) is 23.1 Å². The number of rotatable bonds is 3. The Labute approximate surface area is 145 Å². The highest BCUT2D eigenvalue weighted by molar-refractivity contribution is 5.92. The number of hydrogen-bond acceptors (Lipinski definition) is 5. The van der Waals surface area contributed by atoms with Crippen molar-refractivity contribution in [3.05, 3.63) is 60.4 Å². The Morgan fingerprint density at radius 2 is 2.24 bits per heavy atom. The van der Waals surface area contributed by atoms with Crippen LogP contribution in [-0.4, -0.2) is 47.1 Å². The molecule has 4 rings (SSSR count). The Morgan fingerprint density at radius 3 is 3.12 bits per heavy atom. The lowest BCUT2D eigenvalue weighted by Gasteiger charge is -2.23. The molecule has 1 unspecified atom stereocenters. The SMILES string of the molecule is O=C(c1ccncn1)N1CCOCC(Cc2cccc3occc23)C1. The number of aromatic nitrogens is 2. The van der Waals surface area contributed by atoms with E-state index >= 15 is 0 Å². The molecule has 1 saturated heterocycles. The fraction of sp³-hybridized carbons (Fsp3) is 0.316. The molecule has 0 aliphatic carbocycles. The number of ether oxygens (including phenoxy) is 1. The van der Waals surface area contributed by atoms with E-state index < -0.39 is 0 Å². The summed E-state index contributed by atoms with van der Waals surface area (Å²) in [4.78, 5) is 22.5. The van der Waals surface area contributed by atoms with Crippen LogP contribution in [0.15, 0.2) is 53.5 Å². The minimum atomic E-state index is -0.0700. The lowest BCUT2D eigenvalue weighted by atomic mass is 9.97. The Morgan fingerprint density at radius 1 is 1.28 bits per heavy atom. The van der Waals surface area contributed by atoms with Crippen molar-refractivity contribution in [2.75, 3.05) is 26.3 Å². The number of hydrogen-bond donors (Lipinski definition) is 0. The van der Waals surface area contributed by atoms with Gasteiger partial charge in [0.15, 0.2) is 0 Å². The summed E-state index contributed by atoms with van der Waals surface area (Å²) in [5, 5.41) is 1.13. The fourth-order valence-corrected chi connectivity index (χ4v) is 3.31. The van der Waals surface area contributed by atoms with Gasteiger partial charge in [-0.1, -0.05) is 12.1 Å². The molecule has 6 nitrogen and oxygen atoms in total. The van der Waals surface area contributed by atoms with E-state index in [0.717, 1.165) is 17.4 Å². The lowest BCUT2D eigenvalue weighted by Crippen LogP contribution is -2.36. The highest BCUT2D eigenvalue weighted by atomic mass is 16.5. The van der Waals surface area contributed by atoms with Crippen LogP contribution in [0.3, 0.4) is 0 Å². The van der Waals surface area contributed by atoms with E-state index in [1.54, 1.807) is 18.5 Å². The van der Waals surface area contributed by atoms with Gasteiger partial charge in [-0.15, -0.1) is 0 Å². The van der Waals surface area contributed by atoms with Gasteiger partial charge in [-0.25, -0.2) is 9.97 Å². The highest BCUT2D eigenvalue weighted by Gasteiger charge is 2.24. The van der Waals surface area contributed by atoms with Crippen molar-refractivity contribution >= 4 is 16.9 Å². The van der Waals surface area contributed by atoms with Gasteiger partial charge in [-0.3, -0.25) is 4.79 Å². The summed E-state index contributed by atoms with van der Waals surface area (Å²) in [6.07, 6.45) is 5.54. The third kappa shape index (κ3) is 3.39. The van der Waals surface area contributed by atoms with Gasteiger partial charge in [0.2, 0.25) is 0 Å². The van der Waals surface area contributed by atoms with Crippen LogP contribution in [0.25, 0.3) is 11.0 Å². The molecule has 128 valence electrons. The number of fused-ring (bicyclic) bond motifs is 1. The standard InChI is InChI=1S/C19H19N3O3/c23-19(17-4-6-20-13-21-17)22-7-9-24-12-14(11-22)10-15-2-1-3-18-16(15)5-8-25-18/h1-6,8,13-14H,7,9-12H2. The van der Waals surface area contributed by atoms with Gasteiger partial charge in [0.05, 0.1) is 19.5 Å². The average Bonchev–Trinajstić information content (AvgIpc) is 3.02. The Hall–Kier alpha value is -2.73. The molecule has 25 heavy (non-hydrogen) atoms. The van der Waals surface area contributed by atoms with Gasteiger partial charge in [0.1, 0.15) is 17.6 Å². The zero-order valence-electron chi connectivity index (χ0n) is 13.8. The minimum absolute atomic E-state index is 0.0700. The van der Waals surface area contributed by atoms with E-state index in [-0.39, 0.29) is 11.8 Å². The molecule has 1 amide bonds. The van der Waals surface area contributed by atoms with Gasteiger partial charge in [-0.05, 0) is 30.2 Å². The molecule has 3 heterocycles. The van der Waals surface area contributed by atoms with Crippen LogP contribution in [0, 0.1) is 5.92 Å². The predicted molar refractivity (Wildman–Crippen MR) is 92.2 cm³/mol. The predicted octanol–water partition coefficient (Wildman–Crippen LogP) is 2.55. The van der Waals surface area contributed by atoms with E-state index in [2.05, 4.69) is 16.0 Å². The monoisotopic (exact) mass is 337 g/mol. The van der Waals surface area contributed by atoms with Crippen LogP contribution in [0.5, 0.6) is 0 Å². The summed E-state index contributed by atoms with van der Waals surface area (Å²) in [6, 6.07) is 9.72. The summed E-state index contributed by atoms with van der Waals surface area (Å²) in [5.74, 6) is 0.160. The van der Waals surface area contributed by atoms with Crippen LogP contribution in [0.1, 0.15) is 16.1 Å². The second kappa shape index (κ2) is 7.03. The van der Waals surface area contributed by atoms with Crippen molar-refractivity contribution in [3.8, 4) is 0 Å². The zero-order chi connectivity index (χ0) is 17.1. The molecule has 0 spiro atoms. The summed E-state index contributed by atoms with van der Waals surface area (Å²) < 4.78 is 11.2. The number of carbonyl (C=O) groups excluding carboxylic acids is 1. The summed E-state index contributed by atoms with van der Waals surface area (Å²) >= 11 is 0. The third-order valence-electron chi connectivity index (χ3n) is 4.52. The molecule has 0 saturated carbocycles. The molecular weight excluding hydrogens is 318 g/mol. The largest absolute Gasteiger partial charge is 0.464 e. The number of benzene rings is 1. The lowest BCUT2D eigenvalue weighted by molar-refractivity contribution is 0.0731. The number of furan rings is 1. The van der Waals surface area contributed by atoms with Gasteiger partial charge in [-0.2, -0.15) is 0 Å². The molecule has 2 aromatic heterocycles. The van der Waals surface area contributed by atoms with Crippen molar-refractivity contribution in [1.29, 1.82) is 0 Å². The minimum Gasteiger partial charge on any atom is -0.464 e.